The minimum Gasteiger partial charge on any atom is -0.338 e. The Labute approximate surface area is 124 Å². The highest BCUT2D eigenvalue weighted by Crippen LogP contribution is 2.23. The van der Waals surface area contributed by atoms with Gasteiger partial charge in [-0.25, -0.2) is 0 Å². The molecule has 4 nitrogen and oxygen atoms in total. The summed E-state index contributed by atoms with van der Waals surface area (Å²) in [6.45, 7) is 6.12. The van der Waals surface area contributed by atoms with Crippen molar-refractivity contribution in [1.82, 2.24) is 15.5 Å². The summed E-state index contributed by atoms with van der Waals surface area (Å²) in [4.78, 5) is 5.61. The van der Waals surface area contributed by atoms with Crippen LogP contribution in [0.1, 0.15) is 37.5 Å². The van der Waals surface area contributed by atoms with Crippen molar-refractivity contribution in [3.8, 4) is 0 Å². The van der Waals surface area contributed by atoms with Gasteiger partial charge in [0.1, 0.15) is 0 Å². The van der Waals surface area contributed by atoms with Gasteiger partial charge in [0.2, 0.25) is 5.89 Å². The van der Waals surface area contributed by atoms with Crippen LogP contribution in [-0.4, -0.2) is 16.7 Å². The van der Waals surface area contributed by atoms with Crippen LogP contribution in [0.2, 0.25) is 0 Å². The fourth-order valence-electron chi connectivity index (χ4n) is 1.83. The lowest BCUT2D eigenvalue weighted by molar-refractivity contribution is 0.384. The van der Waals surface area contributed by atoms with Crippen molar-refractivity contribution in [2.75, 3.05) is 6.54 Å². The summed E-state index contributed by atoms with van der Waals surface area (Å²) in [6.07, 6.45) is 1.92. The van der Waals surface area contributed by atoms with Gasteiger partial charge in [-0.1, -0.05) is 31.1 Å². The van der Waals surface area contributed by atoms with Crippen LogP contribution in [0.4, 0.5) is 0 Å². The highest BCUT2D eigenvalue weighted by molar-refractivity contribution is 7.98. The topological polar surface area (TPSA) is 51.0 Å². The van der Waals surface area contributed by atoms with Gasteiger partial charge in [-0.3, -0.25) is 0 Å². The summed E-state index contributed by atoms with van der Waals surface area (Å²) < 4.78 is 5.24. The maximum absolute atomic E-state index is 5.24. The summed E-state index contributed by atoms with van der Waals surface area (Å²) in [5.41, 5.74) is 1.30. The number of hydrogen-bond acceptors (Lipinski definition) is 5. The van der Waals surface area contributed by atoms with E-state index < -0.39 is 0 Å². The first-order chi connectivity index (χ1) is 9.81. The van der Waals surface area contributed by atoms with Gasteiger partial charge in [0.15, 0.2) is 5.82 Å². The van der Waals surface area contributed by atoms with Gasteiger partial charge in [0.05, 0.1) is 5.75 Å². The van der Waals surface area contributed by atoms with Crippen LogP contribution in [0.5, 0.6) is 0 Å². The lowest BCUT2D eigenvalue weighted by Gasteiger charge is -2.04. The zero-order valence-corrected chi connectivity index (χ0v) is 12.9. The second-order valence-electron chi connectivity index (χ2n) is 4.57. The van der Waals surface area contributed by atoms with Gasteiger partial charge in [0.25, 0.3) is 0 Å². The van der Waals surface area contributed by atoms with Gasteiger partial charge in [0, 0.05) is 17.9 Å². The zero-order chi connectivity index (χ0) is 14.2. The molecule has 0 aliphatic heterocycles. The molecule has 0 unspecified atom stereocenters. The van der Waals surface area contributed by atoms with E-state index in [0.29, 0.717) is 5.89 Å². The van der Waals surface area contributed by atoms with Gasteiger partial charge < -0.3 is 9.84 Å². The third-order valence-electron chi connectivity index (χ3n) is 2.82. The van der Waals surface area contributed by atoms with E-state index in [-0.39, 0.29) is 0 Å². The molecule has 0 aliphatic rings. The fourth-order valence-corrected chi connectivity index (χ4v) is 2.65. The van der Waals surface area contributed by atoms with Crippen LogP contribution in [0, 0.1) is 0 Å². The Hall–Kier alpha value is -1.33. The first kappa shape index (κ1) is 15.1. The number of thioether (sulfide) groups is 1. The number of rotatable bonds is 8. The van der Waals surface area contributed by atoms with Crippen LogP contribution >= 0.6 is 11.8 Å². The van der Waals surface area contributed by atoms with Crippen molar-refractivity contribution in [2.45, 2.75) is 43.9 Å². The maximum Gasteiger partial charge on any atom is 0.237 e. The van der Waals surface area contributed by atoms with Crippen molar-refractivity contribution in [1.29, 1.82) is 0 Å². The molecular weight excluding hydrogens is 270 g/mol. The van der Waals surface area contributed by atoms with Gasteiger partial charge >= 0.3 is 0 Å². The van der Waals surface area contributed by atoms with Crippen molar-refractivity contribution in [3.05, 3.63) is 41.5 Å². The van der Waals surface area contributed by atoms with Gasteiger partial charge in [-0.05, 0) is 30.7 Å². The van der Waals surface area contributed by atoms with Crippen LogP contribution in [0.15, 0.2) is 33.7 Å². The molecule has 2 rings (SSSR count). The third kappa shape index (κ3) is 4.65. The van der Waals surface area contributed by atoms with E-state index in [4.69, 9.17) is 4.52 Å². The second kappa shape index (κ2) is 8.07. The summed E-state index contributed by atoms with van der Waals surface area (Å²) in [5, 5.41) is 7.30. The highest BCUT2D eigenvalue weighted by atomic mass is 32.2. The molecule has 2 aromatic rings. The standard InChI is InChI=1S/C15H21N3OS/c1-3-6-14-17-15(19-18-14)11-20-13-8-5-7-12(9-13)10-16-4-2/h5,7-9,16H,3-4,6,10-11H2,1-2H3. The second-order valence-corrected chi connectivity index (χ2v) is 5.62. The Morgan fingerprint density at radius 1 is 1.30 bits per heavy atom. The molecule has 0 radical (unpaired) electrons. The normalized spacial score (nSPS) is 10.9. The van der Waals surface area contributed by atoms with Gasteiger partial charge in [-0.15, -0.1) is 11.8 Å². The van der Waals surface area contributed by atoms with E-state index in [0.717, 1.165) is 37.5 Å². The maximum atomic E-state index is 5.24. The Morgan fingerprint density at radius 3 is 3.00 bits per heavy atom. The predicted octanol–water partition coefficient (Wildman–Crippen LogP) is 3.42. The number of nitrogens with zero attached hydrogens (tertiary/aromatic N) is 2. The number of benzene rings is 1. The molecule has 1 aromatic carbocycles. The smallest absolute Gasteiger partial charge is 0.237 e. The van der Waals surface area contributed by atoms with E-state index >= 15 is 0 Å². The molecule has 0 spiro atoms. The Morgan fingerprint density at radius 2 is 2.20 bits per heavy atom. The average Bonchev–Trinajstić information content (AvgIpc) is 2.92. The first-order valence-electron chi connectivity index (χ1n) is 7.05. The van der Waals surface area contributed by atoms with E-state index in [1.54, 1.807) is 11.8 Å². The molecule has 0 amide bonds. The molecule has 0 atom stereocenters. The molecule has 0 aliphatic carbocycles. The van der Waals surface area contributed by atoms with E-state index in [2.05, 4.69) is 53.6 Å². The van der Waals surface area contributed by atoms with Gasteiger partial charge in [-0.2, -0.15) is 4.98 Å². The van der Waals surface area contributed by atoms with Crippen LogP contribution < -0.4 is 5.32 Å². The van der Waals surface area contributed by atoms with Crippen molar-refractivity contribution >= 4 is 11.8 Å². The molecule has 0 saturated carbocycles. The summed E-state index contributed by atoms with van der Waals surface area (Å²) in [6, 6.07) is 8.55. The Kier molecular flexibility index (Phi) is 6.08. The zero-order valence-electron chi connectivity index (χ0n) is 12.1. The predicted molar refractivity (Wildman–Crippen MR) is 81.7 cm³/mol. The Balaban J connectivity index is 1.89. The fraction of sp³-hybridized carbons (Fsp3) is 0.467. The van der Waals surface area contributed by atoms with Crippen molar-refractivity contribution in [3.63, 3.8) is 0 Å². The molecule has 108 valence electrons. The molecular formula is C15H21N3OS. The largest absolute Gasteiger partial charge is 0.338 e. The molecule has 1 heterocycles. The number of aromatic nitrogens is 2. The molecule has 5 heteroatoms. The quantitative estimate of drug-likeness (QED) is 0.755. The SMILES string of the molecule is CCCc1noc(CSc2cccc(CNCC)c2)n1. The molecule has 20 heavy (non-hydrogen) atoms. The molecule has 0 saturated heterocycles. The molecule has 1 N–H and O–H groups in total. The number of nitrogens with one attached hydrogen (secondary N) is 1. The minimum absolute atomic E-state index is 0.704. The molecule has 0 bridgehead atoms. The lowest BCUT2D eigenvalue weighted by Crippen LogP contribution is -2.11. The highest BCUT2D eigenvalue weighted by Gasteiger charge is 2.06. The number of aryl methyl sites for hydroxylation is 1. The molecule has 0 fully saturated rings. The summed E-state index contributed by atoms with van der Waals surface area (Å²) >= 11 is 1.73. The Bertz CT molecular complexity index is 527. The lowest BCUT2D eigenvalue weighted by atomic mass is 10.2. The van der Waals surface area contributed by atoms with E-state index in [1.165, 1.54) is 10.5 Å². The van der Waals surface area contributed by atoms with Crippen LogP contribution in [-0.2, 0) is 18.7 Å². The minimum atomic E-state index is 0.704. The molecule has 1 aromatic heterocycles. The summed E-state index contributed by atoms with van der Waals surface area (Å²) in [5.74, 6) is 2.24. The number of hydrogen-bond donors (Lipinski definition) is 1. The first-order valence-corrected chi connectivity index (χ1v) is 8.04. The average molecular weight is 291 g/mol. The van der Waals surface area contributed by atoms with Crippen molar-refractivity contribution < 1.29 is 4.52 Å². The van der Waals surface area contributed by atoms with Crippen LogP contribution in [0.3, 0.4) is 0 Å². The van der Waals surface area contributed by atoms with E-state index in [9.17, 15) is 0 Å². The monoisotopic (exact) mass is 291 g/mol. The third-order valence-corrected chi connectivity index (χ3v) is 3.80. The van der Waals surface area contributed by atoms with Crippen molar-refractivity contribution in [2.24, 2.45) is 0 Å². The van der Waals surface area contributed by atoms with E-state index in [1.807, 2.05) is 0 Å². The summed E-state index contributed by atoms with van der Waals surface area (Å²) in [7, 11) is 0. The van der Waals surface area contributed by atoms with Crippen LogP contribution in [0.25, 0.3) is 0 Å².